The minimum absolute atomic E-state index is 0.0890. The van der Waals surface area contributed by atoms with Gasteiger partial charge in [0.25, 0.3) is 0 Å². The van der Waals surface area contributed by atoms with Crippen LogP contribution in [0.2, 0.25) is 0 Å². The smallest absolute Gasteiger partial charge is 0.0837 e. The minimum Gasteiger partial charge on any atom is -0.411 e. The SMILES string of the molecule is C/C(=N/O)c1cc(C(C)(C)C)cc(C(C)(C)C)c1. The van der Waals surface area contributed by atoms with Gasteiger partial charge in [-0.15, -0.1) is 0 Å². The van der Waals surface area contributed by atoms with Crippen LogP contribution in [0.25, 0.3) is 0 Å². The van der Waals surface area contributed by atoms with Gasteiger partial charge in [-0.1, -0.05) is 52.8 Å². The maximum absolute atomic E-state index is 8.96. The third-order valence-electron chi connectivity index (χ3n) is 3.23. The van der Waals surface area contributed by atoms with E-state index in [9.17, 15) is 0 Å². The van der Waals surface area contributed by atoms with Crippen molar-refractivity contribution in [3.05, 3.63) is 34.9 Å². The summed E-state index contributed by atoms with van der Waals surface area (Å²) in [5.41, 5.74) is 4.37. The molecule has 0 heterocycles. The summed E-state index contributed by atoms with van der Waals surface area (Å²) >= 11 is 0. The zero-order valence-corrected chi connectivity index (χ0v) is 12.6. The first-order chi connectivity index (χ1) is 8.05. The lowest BCUT2D eigenvalue weighted by Crippen LogP contribution is -2.17. The van der Waals surface area contributed by atoms with Crippen LogP contribution in [0.5, 0.6) is 0 Å². The van der Waals surface area contributed by atoms with E-state index in [0.29, 0.717) is 5.71 Å². The second-order valence-electron chi connectivity index (χ2n) is 6.98. The molecule has 0 aromatic heterocycles. The monoisotopic (exact) mass is 247 g/mol. The summed E-state index contributed by atoms with van der Waals surface area (Å²) in [5.74, 6) is 0. The van der Waals surface area contributed by atoms with Gasteiger partial charge in [0.2, 0.25) is 0 Å². The molecule has 1 N–H and O–H groups in total. The molecule has 1 aromatic carbocycles. The van der Waals surface area contributed by atoms with Crippen molar-refractivity contribution in [2.75, 3.05) is 0 Å². The van der Waals surface area contributed by atoms with E-state index in [-0.39, 0.29) is 10.8 Å². The van der Waals surface area contributed by atoms with Crippen LogP contribution >= 0.6 is 0 Å². The molecule has 0 saturated heterocycles. The Kier molecular flexibility index (Phi) is 3.89. The molecule has 1 rings (SSSR count). The van der Waals surface area contributed by atoms with E-state index in [1.165, 1.54) is 11.1 Å². The number of rotatable bonds is 1. The molecule has 2 nitrogen and oxygen atoms in total. The van der Waals surface area contributed by atoms with Crippen LogP contribution < -0.4 is 0 Å². The van der Waals surface area contributed by atoms with E-state index < -0.39 is 0 Å². The summed E-state index contributed by atoms with van der Waals surface area (Å²) in [5, 5.41) is 12.3. The van der Waals surface area contributed by atoms with E-state index in [1.54, 1.807) is 0 Å². The second kappa shape index (κ2) is 4.75. The molecule has 0 unspecified atom stereocenters. The molecule has 0 aliphatic rings. The van der Waals surface area contributed by atoms with Gasteiger partial charge < -0.3 is 5.21 Å². The fourth-order valence-corrected chi connectivity index (χ4v) is 1.76. The molecular weight excluding hydrogens is 222 g/mol. The maximum atomic E-state index is 8.96. The van der Waals surface area contributed by atoms with Crippen molar-refractivity contribution < 1.29 is 5.21 Å². The Hall–Kier alpha value is -1.31. The number of hydrogen-bond donors (Lipinski definition) is 1. The molecular formula is C16H25NO. The van der Waals surface area contributed by atoms with E-state index >= 15 is 0 Å². The molecule has 18 heavy (non-hydrogen) atoms. The normalized spacial score (nSPS) is 13.8. The molecule has 0 radical (unpaired) electrons. The maximum Gasteiger partial charge on any atom is 0.0837 e. The van der Waals surface area contributed by atoms with E-state index in [0.717, 1.165) is 5.56 Å². The standard InChI is InChI=1S/C16H25NO/c1-11(17-18)12-8-13(15(2,3)4)10-14(9-12)16(5,6)7/h8-10,18H,1-7H3/b17-11-. The van der Waals surface area contributed by atoms with Crippen molar-refractivity contribution in [2.24, 2.45) is 5.16 Å². The molecule has 0 atom stereocenters. The van der Waals surface area contributed by atoms with Crippen LogP contribution in [0, 0.1) is 0 Å². The topological polar surface area (TPSA) is 32.6 Å². The van der Waals surface area contributed by atoms with Crippen molar-refractivity contribution in [2.45, 2.75) is 59.3 Å². The Bertz CT molecular complexity index is 427. The van der Waals surface area contributed by atoms with Crippen molar-refractivity contribution in [3.8, 4) is 0 Å². The summed E-state index contributed by atoms with van der Waals surface area (Å²) in [6, 6.07) is 6.49. The van der Waals surface area contributed by atoms with E-state index in [2.05, 4.69) is 64.9 Å². The Morgan fingerprint density at radius 2 is 1.28 bits per heavy atom. The quantitative estimate of drug-likeness (QED) is 0.443. The highest BCUT2D eigenvalue weighted by Crippen LogP contribution is 2.30. The molecule has 1 aromatic rings. The van der Waals surface area contributed by atoms with Crippen molar-refractivity contribution >= 4 is 5.71 Å². The summed E-state index contributed by atoms with van der Waals surface area (Å²) < 4.78 is 0. The van der Waals surface area contributed by atoms with Gasteiger partial charge in [-0.25, -0.2) is 0 Å². The second-order valence-corrected chi connectivity index (χ2v) is 6.98. The first kappa shape index (κ1) is 14.7. The molecule has 0 amide bonds. The molecule has 0 aliphatic heterocycles. The molecule has 0 saturated carbocycles. The van der Waals surface area contributed by atoms with Gasteiger partial charge in [0, 0.05) is 0 Å². The predicted molar refractivity (Wildman–Crippen MR) is 77.8 cm³/mol. The average molecular weight is 247 g/mol. The number of nitrogens with zero attached hydrogens (tertiary/aromatic N) is 1. The highest BCUT2D eigenvalue weighted by molar-refractivity contribution is 5.98. The minimum atomic E-state index is 0.0890. The summed E-state index contributed by atoms with van der Waals surface area (Å²) in [6.45, 7) is 15.0. The van der Waals surface area contributed by atoms with Gasteiger partial charge in [0.15, 0.2) is 0 Å². The van der Waals surface area contributed by atoms with Gasteiger partial charge in [-0.2, -0.15) is 0 Å². The lowest BCUT2D eigenvalue weighted by Gasteiger charge is -2.26. The number of benzene rings is 1. The Balaban J connectivity index is 3.49. The Labute approximate surface area is 111 Å². The van der Waals surface area contributed by atoms with Gasteiger partial charge in [0.05, 0.1) is 5.71 Å². The predicted octanol–water partition coefficient (Wildman–Crippen LogP) is 4.48. The van der Waals surface area contributed by atoms with Crippen molar-refractivity contribution in [3.63, 3.8) is 0 Å². The van der Waals surface area contributed by atoms with Gasteiger partial charge in [-0.3, -0.25) is 0 Å². The summed E-state index contributed by atoms with van der Waals surface area (Å²) in [7, 11) is 0. The van der Waals surface area contributed by atoms with Gasteiger partial charge >= 0.3 is 0 Å². The van der Waals surface area contributed by atoms with Crippen LogP contribution in [0.4, 0.5) is 0 Å². The van der Waals surface area contributed by atoms with Crippen LogP contribution in [0.3, 0.4) is 0 Å². The molecule has 0 aliphatic carbocycles. The van der Waals surface area contributed by atoms with Crippen LogP contribution in [0.1, 0.15) is 65.2 Å². The molecule has 0 bridgehead atoms. The van der Waals surface area contributed by atoms with E-state index in [1.807, 2.05) is 6.92 Å². The first-order valence-electron chi connectivity index (χ1n) is 6.41. The third kappa shape index (κ3) is 3.34. The van der Waals surface area contributed by atoms with Crippen LogP contribution in [-0.2, 0) is 10.8 Å². The van der Waals surface area contributed by atoms with Gasteiger partial charge in [0.1, 0.15) is 0 Å². The average Bonchev–Trinajstić information content (AvgIpc) is 2.25. The fourth-order valence-electron chi connectivity index (χ4n) is 1.76. The third-order valence-corrected chi connectivity index (χ3v) is 3.23. The number of oxime groups is 1. The lowest BCUT2D eigenvalue weighted by molar-refractivity contribution is 0.319. The zero-order valence-electron chi connectivity index (χ0n) is 12.6. The highest BCUT2D eigenvalue weighted by atomic mass is 16.4. The lowest BCUT2D eigenvalue weighted by atomic mass is 9.79. The highest BCUT2D eigenvalue weighted by Gasteiger charge is 2.20. The van der Waals surface area contributed by atoms with Crippen molar-refractivity contribution in [1.29, 1.82) is 0 Å². The van der Waals surface area contributed by atoms with Crippen LogP contribution in [-0.4, -0.2) is 10.9 Å². The molecule has 0 spiro atoms. The Morgan fingerprint density at radius 3 is 1.56 bits per heavy atom. The first-order valence-corrected chi connectivity index (χ1v) is 6.41. The largest absolute Gasteiger partial charge is 0.411 e. The van der Waals surface area contributed by atoms with E-state index in [4.69, 9.17) is 5.21 Å². The number of hydrogen-bond acceptors (Lipinski definition) is 2. The van der Waals surface area contributed by atoms with Gasteiger partial charge in [-0.05, 0) is 46.6 Å². The fraction of sp³-hybridized carbons (Fsp3) is 0.562. The molecule has 2 heteroatoms. The molecule has 0 fully saturated rings. The van der Waals surface area contributed by atoms with Crippen LogP contribution in [0.15, 0.2) is 23.4 Å². The Morgan fingerprint density at radius 1 is 0.889 bits per heavy atom. The summed E-state index contributed by atoms with van der Waals surface area (Å²) in [6.07, 6.45) is 0. The van der Waals surface area contributed by atoms with Crippen molar-refractivity contribution in [1.82, 2.24) is 0 Å². The summed E-state index contributed by atoms with van der Waals surface area (Å²) in [4.78, 5) is 0. The zero-order chi connectivity index (χ0) is 14.1. The molecule has 100 valence electrons.